The van der Waals surface area contributed by atoms with Crippen molar-refractivity contribution in [3.05, 3.63) is 24.8 Å². The van der Waals surface area contributed by atoms with E-state index in [0.29, 0.717) is 11.5 Å². The topological polar surface area (TPSA) is 63.7 Å². The second-order valence-electron chi connectivity index (χ2n) is 3.80. The summed E-state index contributed by atoms with van der Waals surface area (Å²) in [5.41, 5.74) is 1.42. The normalized spacial score (nSPS) is 20.1. The fraction of sp³-hybridized carbons (Fsp3) is 0.364. The monoisotopic (exact) mass is 216 g/mol. The van der Waals surface area contributed by atoms with Gasteiger partial charge in [0.1, 0.15) is 17.9 Å². The molecule has 0 saturated carbocycles. The van der Waals surface area contributed by atoms with E-state index in [0.717, 1.165) is 24.8 Å². The van der Waals surface area contributed by atoms with Crippen molar-refractivity contribution in [2.45, 2.75) is 25.4 Å². The summed E-state index contributed by atoms with van der Waals surface area (Å²) in [7, 11) is 0. The molecule has 2 aromatic rings. The molecule has 5 nitrogen and oxygen atoms in total. The van der Waals surface area contributed by atoms with Gasteiger partial charge in [0.2, 0.25) is 5.88 Å². The lowest BCUT2D eigenvalue weighted by Gasteiger charge is -2.18. The van der Waals surface area contributed by atoms with Crippen LogP contribution in [-0.2, 0) is 0 Å². The highest BCUT2D eigenvalue weighted by molar-refractivity contribution is 5.74. The molecule has 1 unspecified atom stereocenters. The highest BCUT2D eigenvalue weighted by Gasteiger charge is 2.15. The molecule has 0 bridgehead atoms. The summed E-state index contributed by atoms with van der Waals surface area (Å²) in [4.78, 5) is 15.3. The molecule has 1 atom stereocenters. The van der Waals surface area contributed by atoms with E-state index in [1.54, 1.807) is 6.33 Å². The number of allylic oxidation sites excluding steroid dienone is 1. The molecule has 0 aliphatic heterocycles. The first-order chi connectivity index (χ1) is 7.93. The van der Waals surface area contributed by atoms with Crippen LogP contribution < -0.4 is 4.74 Å². The Morgan fingerprint density at radius 1 is 1.25 bits per heavy atom. The minimum absolute atomic E-state index is 0.214. The zero-order valence-corrected chi connectivity index (χ0v) is 8.76. The van der Waals surface area contributed by atoms with Crippen LogP contribution in [0.1, 0.15) is 19.3 Å². The van der Waals surface area contributed by atoms with Crippen LogP contribution in [0.5, 0.6) is 5.88 Å². The number of fused-ring (bicyclic) bond motifs is 1. The highest BCUT2D eigenvalue weighted by Crippen LogP contribution is 2.22. The van der Waals surface area contributed by atoms with Crippen molar-refractivity contribution in [3.8, 4) is 5.88 Å². The summed E-state index contributed by atoms with van der Waals surface area (Å²) in [5.74, 6) is 0.600. The van der Waals surface area contributed by atoms with Crippen LogP contribution in [0.4, 0.5) is 0 Å². The molecule has 0 spiro atoms. The van der Waals surface area contributed by atoms with Crippen LogP contribution in [-0.4, -0.2) is 26.0 Å². The van der Waals surface area contributed by atoms with Gasteiger partial charge in [-0.25, -0.2) is 9.97 Å². The molecule has 0 saturated heterocycles. The van der Waals surface area contributed by atoms with Crippen LogP contribution in [0.25, 0.3) is 11.2 Å². The van der Waals surface area contributed by atoms with E-state index in [2.05, 4.69) is 32.1 Å². The lowest BCUT2D eigenvalue weighted by atomic mass is 10.1. The van der Waals surface area contributed by atoms with Crippen LogP contribution in [0, 0.1) is 0 Å². The summed E-state index contributed by atoms with van der Waals surface area (Å²) < 4.78 is 5.85. The minimum atomic E-state index is 0.214. The molecule has 0 aromatic carbocycles. The van der Waals surface area contributed by atoms with E-state index in [9.17, 15) is 0 Å². The Labute approximate surface area is 92.6 Å². The predicted molar refractivity (Wildman–Crippen MR) is 59.1 cm³/mol. The quantitative estimate of drug-likeness (QED) is 0.778. The molecule has 1 N–H and O–H groups in total. The lowest BCUT2D eigenvalue weighted by molar-refractivity contribution is 0.185. The number of rotatable bonds is 2. The summed E-state index contributed by atoms with van der Waals surface area (Å²) in [5, 5.41) is 0. The number of imidazole rings is 1. The largest absolute Gasteiger partial charge is 0.472 e. The van der Waals surface area contributed by atoms with Crippen LogP contribution in [0.3, 0.4) is 0 Å². The number of nitrogens with one attached hydrogen (secondary N) is 1. The SMILES string of the molecule is C1=CCC(Oc2ncnc3nc[nH]c23)CC1. The highest BCUT2D eigenvalue weighted by atomic mass is 16.5. The van der Waals surface area contributed by atoms with Gasteiger partial charge in [-0.1, -0.05) is 12.2 Å². The molecule has 82 valence electrons. The van der Waals surface area contributed by atoms with E-state index in [1.165, 1.54) is 6.33 Å². The van der Waals surface area contributed by atoms with E-state index >= 15 is 0 Å². The Bertz CT molecular complexity index is 519. The number of ether oxygens (including phenoxy) is 1. The van der Waals surface area contributed by atoms with Crippen LogP contribution in [0.15, 0.2) is 24.8 Å². The third kappa shape index (κ3) is 1.64. The fourth-order valence-electron chi connectivity index (χ4n) is 1.86. The Hall–Kier alpha value is -1.91. The van der Waals surface area contributed by atoms with E-state index < -0.39 is 0 Å². The lowest BCUT2D eigenvalue weighted by Crippen LogP contribution is -2.18. The van der Waals surface area contributed by atoms with E-state index in [4.69, 9.17) is 4.74 Å². The van der Waals surface area contributed by atoms with E-state index in [-0.39, 0.29) is 6.10 Å². The zero-order valence-electron chi connectivity index (χ0n) is 8.76. The minimum Gasteiger partial charge on any atom is -0.472 e. The molecular weight excluding hydrogens is 204 g/mol. The molecule has 3 rings (SSSR count). The van der Waals surface area contributed by atoms with Crippen LogP contribution in [0.2, 0.25) is 0 Å². The average molecular weight is 216 g/mol. The molecule has 1 aliphatic rings. The van der Waals surface area contributed by atoms with Crippen LogP contribution >= 0.6 is 0 Å². The Morgan fingerprint density at radius 3 is 3.12 bits per heavy atom. The fourth-order valence-corrected chi connectivity index (χ4v) is 1.86. The molecule has 0 radical (unpaired) electrons. The molecular formula is C11H12N4O. The van der Waals surface area contributed by atoms with Crippen molar-refractivity contribution in [3.63, 3.8) is 0 Å². The van der Waals surface area contributed by atoms with Gasteiger partial charge in [-0.2, -0.15) is 4.98 Å². The maximum absolute atomic E-state index is 5.85. The third-order valence-corrected chi connectivity index (χ3v) is 2.69. The Morgan fingerprint density at radius 2 is 2.25 bits per heavy atom. The van der Waals surface area contributed by atoms with Crippen molar-refractivity contribution in [2.24, 2.45) is 0 Å². The van der Waals surface area contributed by atoms with Gasteiger partial charge in [0, 0.05) is 6.42 Å². The number of H-pyrrole nitrogens is 1. The predicted octanol–water partition coefficient (Wildman–Crippen LogP) is 1.84. The molecule has 0 fully saturated rings. The van der Waals surface area contributed by atoms with Crippen molar-refractivity contribution in [2.75, 3.05) is 0 Å². The summed E-state index contributed by atoms with van der Waals surface area (Å²) in [6.45, 7) is 0. The second kappa shape index (κ2) is 3.92. The van der Waals surface area contributed by atoms with Crippen molar-refractivity contribution in [1.82, 2.24) is 19.9 Å². The van der Waals surface area contributed by atoms with Gasteiger partial charge in [-0.15, -0.1) is 0 Å². The smallest absolute Gasteiger partial charge is 0.243 e. The summed E-state index contributed by atoms with van der Waals surface area (Å²) in [6.07, 6.45) is 10.7. The van der Waals surface area contributed by atoms with Crippen molar-refractivity contribution >= 4 is 11.2 Å². The maximum atomic E-state index is 5.85. The Kier molecular flexibility index (Phi) is 2.29. The molecule has 0 amide bonds. The first-order valence-corrected chi connectivity index (χ1v) is 5.39. The van der Waals surface area contributed by atoms with Gasteiger partial charge in [0.25, 0.3) is 0 Å². The maximum Gasteiger partial charge on any atom is 0.243 e. The Balaban J connectivity index is 1.88. The van der Waals surface area contributed by atoms with Gasteiger partial charge < -0.3 is 9.72 Å². The number of hydrogen-bond donors (Lipinski definition) is 1. The number of nitrogens with zero attached hydrogens (tertiary/aromatic N) is 3. The van der Waals surface area contributed by atoms with Gasteiger partial charge in [0.15, 0.2) is 5.65 Å². The van der Waals surface area contributed by atoms with Gasteiger partial charge in [0.05, 0.1) is 6.33 Å². The zero-order chi connectivity index (χ0) is 10.8. The first kappa shape index (κ1) is 9.33. The number of hydrogen-bond acceptors (Lipinski definition) is 4. The van der Waals surface area contributed by atoms with Crippen molar-refractivity contribution in [1.29, 1.82) is 0 Å². The van der Waals surface area contributed by atoms with Gasteiger partial charge in [-0.05, 0) is 12.8 Å². The first-order valence-electron chi connectivity index (χ1n) is 5.39. The van der Waals surface area contributed by atoms with Gasteiger partial charge >= 0.3 is 0 Å². The number of aromatic nitrogens is 4. The second-order valence-corrected chi connectivity index (χ2v) is 3.80. The molecule has 16 heavy (non-hydrogen) atoms. The molecule has 2 aromatic heterocycles. The molecule has 1 aliphatic carbocycles. The standard InChI is InChI=1S/C11H12N4O/c1-2-4-8(5-3-1)16-11-9-10(13-6-12-9)14-7-15-11/h1-2,6-8H,3-5H2,(H,12,13,14,15). The number of aromatic amines is 1. The summed E-state index contributed by atoms with van der Waals surface area (Å²) >= 11 is 0. The van der Waals surface area contributed by atoms with E-state index in [1.807, 2.05) is 0 Å². The summed E-state index contributed by atoms with van der Waals surface area (Å²) in [6, 6.07) is 0. The average Bonchev–Trinajstić information content (AvgIpc) is 2.80. The third-order valence-electron chi connectivity index (χ3n) is 2.69. The molecule has 5 heteroatoms. The van der Waals surface area contributed by atoms with Crippen molar-refractivity contribution < 1.29 is 4.74 Å². The molecule has 2 heterocycles. The van der Waals surface area contributed by atoms with Gasteiger partial charge in [-0.3, -0.25) is 0 Å².